The maximum atomic E-state index is 13.1. The second kappa shape index (κ2) is 5.64. The molecule has 1 N–H and O–H groups in total. The molecule has 2 aliphatic carbocycles. The van der Waals surface area contributed by atoms with Crippen LogP contribution in [0.25, 0.3) is 0 Å². The summed E-state index contributed by atoms with van der Waals surface area (Å²) in [5.74, 6) is -1.98. The van der Waals surface area contributed by atoms with Gasteiger partial charge >= 0.3 is 0 Å². The van der Waals surface area contributed by atoms with Crippen molar-refractivity contribution in [2.24, 2.45) is 11.8 Å². The molecule has 0 aliphatic heterocycles. The maximum Gasteiger partial charge on any atom is 0.248 e. The second-order valence-electron chi connectivity index (χ2n) is 5.94. The Labute approximate surface area is 103 Å². The maximum absolute atomic E-state index is 13.1. The largest absolute Gasteiger partial charge is 0.393 e. The van der Waals surface area contributed by atoms with Crippen LogP contribution in [-0.4, -0.2) is 17.1 Å². The van der Waals surface area contributed by atoms with Gasteiger partial charge in [-0.05, 0) is 37.5 Å². The number of hydrogen-bond acceptors (Lipinski definition) is 1. The Morgan fingerprint density at radius 3 is 1.82 bits per heavy atom. The van der Waals surface area contributed by atoms with Gasteiger partial charge in [-0.15, -0.1) is 0 Å². The number of hydrogen-bond donors (Lipinski definition) is 1. The topological polar surface area (TPSA) is 20.2 Å². The third kappa shape index (κ3) is 3.64. The van der Waals surface area contributed by atoms with Crippen LogP contribution in [0.2, 0.25) is 0 Å². The Hall–Kier alpha value is -0.180. The predicted octanol–water partition coefficient (Wildman–Crippen LogP) is 4.14. The van der Waals surface area contributed by atoms with Crippen molar-refractivity contribution in [1.82, 2.24) is 0 Å². The molecule has 2 saturated carbocycles. The summed E-state index contributed by atoms with van der Waals surface area (Å²) >= 11 is 0. The molecule has 0 aromatic rings. The molecule has 17 heavy (non-hydrogen) atoms. The van der Waals surface area contributed by atoms with E-state index in [1.165, 1.54) is 25.7 Å². The zero-order chi connectivity index (χ0) is 12.3. The first-order chi connectivity index (χ1) is 8.08. The van der Waals surface area contributed by atoms with Crippen LogP contribution in [0.15, 0.2) is 0 Å². The van der Waals surface area contributed by atoms with Gasteiger partial charge in [0.15, 0.2) is 0 Å². The second-order valence-corrected chi connectivity index (χ2v) is 5.94. The molecule has 0 heterocycles. The molecule has 1 nitrogen and oxygen atoms in total. The van der Waals surface area contributed by atoms with Crippen LogP contribution in [-0.2, 0) is 0 Å². The number of aliphatic hydroxyl groups excluding tert-OH is 1. The van der Waals surface area contributed by atoms with Crippen LogP contribution in [0.4, 0.5) is 8.78 Å². The van der Waals surface area contributed by atoms with Gasteiger partial charge in [-0.1, -0.05) is 25.7 Å². The predicted molar refractivity (Wildman–Crippen MR) is 64.1 cm³/mol. The lowest BCUT2D eigenvalue weighted by Gasteiger charge is -2.34. The minimum Gasteiger partial charge on any atom is -0.393 e. The molecule has 2 aliphatic rings. The van der Waals surface area contributed by atoms with E-state index in [4.69, 9.17) is 0 Å². The fraction of sp³-hybridized carbons (Fsp3) is 1.00. The van der Waals surface area contributed by atoms with E-state index in [2.05, 4.69) is 0 Å². The van der Waals surface area contributed by atoms with Gasteiger partial charge in [0, 0.05) is 12.8 Å². The highest BCUT2D eigenvalue weighted by molar-refractivity contribution is 4.85. The molecule has 0 aromatic carbocycles. The number of halogens is 2. The van der Waals surface area contributed by atoms with Gasteiger partial charge < -0.3 is 5.11 Å². The fourth-order valence-corrected chi connectivity index (χ4v) is 3.44. The molecule has 2 fully saturated rings. The van der Waals surface area contributed by atoms with Gasteiger partial charge in [0.05, 0.1) is 6.10 Å². The number of alkyl halides is 2. The summed E-state index contributed by atoms with van der Waals surface area (Å²) in [4.78, 5) is 0. The highest BCUT2D eigenvalue weighted by Crippen LogP contribution is 2.40. The first kappa shape index (κ1) is 13.3. The lowest BCUT2D eigenvalue weighted by Crippen LogP contribution is -2.35. The molecule has 1 atom stereocenters. The summed E-state index contributed by atoms with van der Waals surface area (Å²) in [7, 11) is 0. The molecule has 0 aromatic heterocycles. The van der Waals surface area contributed by atoms with Gasteiger partial charge in [0.2, 0.25) is 5.92 Å². The SMILES string of the molecule is OC(C1CCCCCC1)C1CCC(F)(F)CC1. The first-order valence-corrected chi connectivity index (χ1v) is 7.14. The van der Waals surface area contributed by atoms with E-state index in [1.807, 2.05) is 0 Å². The van der Waals surface area contributed by atoms with E-state index in [0.29, 0.717) is 18.8 Å². The Morgan fingerprint density at radius 2 is 1.29 bits per heavy atom. The summed E-state index contributed by atoms with van der Waals surface area (Å²) in [5.41, 5.74) is 0. The smallest absolute Gasteiger partial charge is 0.248 e. The van der Waals surface area contributed by atoms with E-state index in [0.717, 1.165) is 12.8 Å². The zero-order valence-electron chi connectivity index (χ0n) is 10.5. The molecule has 0 bridgehead atoms. The van der Waals surface area contributed by atoms with E-state index in [1.54, 1.807) is 0 Å². The third-order valence-corrected chi connectivity index (χ3v) is 4.63. The molecule has 0 amide bonds. The van der Waals surface area contributed by atoms with Crippen molar-refractivity contribution in [3.05, 3.63) is 0 Å². The minimum absolute atomic E-state index is 0.0263. The molecule has 0 spiro atoms. The first-order valence-electron chi connectivity index (χ1n) is 7.14. The third-order valence-electron chi connectivity index (χ3n) is 4.63. The van der Waals surface area contributed by atoms with E-state index >= 15 is 0 Å². The van der Waals surface area contributed by atoms with Crippen molar-refractivity contribution in [2.75, 3.05) is 0 Å². The summed E-state index contributed by atoms with van der Waals surface area (Å²) < 4.78 is 26.1. The molecular weight excluding hydrogens is 222 g/mol. The van der Waals surface area contributed by atoms with Crippen LogP contribution in [0.5, 0.6) is 0 Å². The minimum atomic E-state index is -2.47. The van der Waals surface area contributed by atoms with Crippen LogP contribution in [0.1, 0.15) is 64.2 Å². The molecule has 3 heteroatoms. The lowest BCUT2D eigenvalue weighted by molar-refractivity contribution is -0.0713. The van der Waals surface area contributed by atoms with E-state index < -0.39 is 5.92 Å². The van der Waals surface area contributed by atoms with Crippen LogP contribution in [0, 0.1) is 11.8 Å². The Kier molecular flexibility index (Phi) is 4.40. The van der Waals surface area contributed by atoms with Crippen LogP contribution < -0.4 is 0 Å². The highest BCUT2D eigenvalue weighted by Gasteiger charge is 2.39. The summed E-state index contributed by atoms with van der Waals surface area (Å²) in [6.07, 6.45) is 7.75. The van der Waals surface area contributed by atoms with Crippen molar-refractivity contribution >= 4 is 0 Å². The molecular formula is C14H24F2O. The van der Waals surface area contributed by atoms with Crippen molar-refractivity contribution in [2.45, 2.75) is 76.2 Å². The van der Waals surface area contributed by atoms with Gasteiger partial charge in [-0.2, -0.15) is 0 Å². The Balaban J connectivity index is 1.84. The van der Waals surface area contributed by atoms with Crippen LogP contribution in [0.3, 0.4) is 0 Å². The lowest BCUT2D eigenvalue weighted by atomic mass is 9.77. The van der Waals surface area contributed by atoms with Crippen molar-refractivity contribution < 1.29 is 13.9 Å². The quantitative estimate of drug-likeness (QED) is 0.726. The average Bonchev–Trinajstić information content (AvgIpc) is 2.56. The number of aliphatic hydroxyl groups is 1. The van der Waals surface area contributed by atoms with Crippen molar-refractivity contribution in [1.29, 1.82) is 0 Å². The molecule has 100 valence electrons. The van der Waals surface area contributed by atoms with Gasteiger partial charge in [-0.25, -0.2) is 8.78 Å². The summed E-state index contributed by atoms with van der Waals surface area (Å²) in [5, 5.41) is 10.3. The van der Waals surface area contributed by atoms with Gasteiger partial charge in [-0.3, -0.25) is 0 Å². The normalized spacial score (nSPS) is 29.8. The number of rotatable bonds is 2. The molecule has 1 unspecified atom stereocenters. The van der Waals surface area contributed by atoms with Crippen molar-refractivity contribution in [3.63, 3.8) is 0 Å². The fourth-order valence-electron chi connectivity index (χ4n) is 3.44. The molecule has 0 saturated heterocycles. The standard InChI is InChI=1S/C14H24F2O/c15-14(16)9-7-12(8-10-14)13(17)11-5-3-1-2-4-6-11/h11-13,17H,1-10H2. The average molecular weight is 246 g/mol. The van der Waals surface area contributed by atoms with Gasteiger partial charge in [0.25, 0.3) is 0 Å². The monoisotopic (exact) mass is 246 g/mol. The van der Waals surface area contributed by atoms with Crippen molar-refractivity contribution in [3.8, 4) is 0 Å². The van der Waals surface area contributed by atoms with Gasteiger partial charge in [0.1, 0.15) is 0 Å². The van der Waals surface area contributed by atoms with Crippen LogP contribution >= 0.6 is 0 Å². The molecule has 0 radical (unpaired) electrons. The van der Waals surface area contributed by atoms with E-state index in [9.17, 15) is 13.9 Å². The zero-order valence-corrected chi connectivity index (χ0v) is 10.5. The highest BCUT2D eigenvalue weighted by atomic mass is 19.3. The Morgan fingerprint density at radius 1 is 0.824 bits per heavy atom. The van der Waals surface area contributed by atoms with E-state index in [-0.39, 0.29) is 24.9 Å². The summed E-state index contributed by atoms with van der Waals surface area (Å²) in [6, 6.07) is 0. The Bertz CT molecular complexity index is 224. The summed E-state index contributed by atoms with van der Waals surface area (Å²) in [6.45, 7) is 0. The molecule has 2 rings (SSSR count).